The zero-order valence-corrected chi connectivity index (χ0v) is 14.6. The molecule has 2 heterocycles. The molecule has 2 aromatic carbocycles. The van der Waals surface area contributed by atoms with Crippen molar-refractivity contribution in [3.05, 3.63) is 48.0 Å². The topological polar surface area (TPSA) is 6.48 Å². The standard InChI is InChI=1S/C22H28N2/c1-2-10-20-18(7-1)8-5-9-19(20)11-16-24-15-6-12-22(24)17-21(22)23-13-3-4-14-23/h1-2,5,7-10,21H,3-4,6,11-17H2. The summed E-state index contributed by atoms with van der Waals surface area (Å²) in [4.78, 5) is 5.63. The summed E-state index contributed by atoms with van der Waals surface area (Å²) in [5.74, 6) is 0. The molecule has 2 nitrogen and oxygen atoms in total. The third-order valence-electron chi connectivity index (χ3n) is 6.79. The van der Waals surface area contributed by atoms with E-state index in [1.165, 1.54) is 81.0 Å². The molecular formula is C22H28N2. The lowest BCUT2D eigenvalue weighted by atomic mass is 10.0. The molecule has 0 N–H and O–H groups in total. The molecule has 2 aliphatic heterocycles. The van der Waals surface area contributed by atoms with Crippen LogP contribution in [0.4, 0.5) is 0 Å². The zero-order chi connectivity index (χ0) is 16.0. The Hall–Kier alpha value is -1.38. The summed E-state index contributed by atoms with van der Waals surface area (Å²) in [6.45, 7) is 5.25. The second-order valence-electron chi connectivity index (χ2n) is 8.05. The van der Waals surface area contributed by atoms with Gasteiger partial charge in [0.05, 0.1) is 0 Å². The van der Waals surface area contributed by atoms with Crippen molar-refractivity contribution in [2.75, 3.05) is 26.2 Å². The summed E-state index contributed by atoms with van der Waals surface area (Å²) < 4.78 is 0. The summed E-state index contributed by atoms with van der Waals surface area (Å²) in [5.41, 5.74) is 2.07. The van der Waals surface area contributed by atoms with Crippen LogP contribution in [0.3, 0.4) is 0 Å². The zero-order valence-electron chi connectivity index (χ0n) is 14.6. The van der Waals surface area contributed by atoms with Gasteiger partial charge in [-0.2, -0.15) is 0 Å². The van der Waals surface area contributed by atoms with E-state index in [-0.39, 0.29) is 0 Å². The van der Waals surface area contributed by atoms with Crippen molar-refractivity contribution in [2.45, 2.75) is 50.1 Å². The largest absolute Gasteiger partial charge is 0.298 e. The van der Waals surface area contributed by atoms with Gasteiger partial charge in [-0.3, -0.25) is 9.80 Å². The molecule has 2 atom stereocenters. The number of hydrogen-bond donors (Lipinski definition) is 0. The number of nitrogens with zero attached hydrogens (tertiary/aromatic N) is 2. The monoisotopic (exact) mass is 320 g/mol. The van der Waals surface area contributed by atoms with E-state index >= 15 is 0 Å². The van der Waals surface area contributed by atoms with E-state index in [1.54, 1.807) is 0 Å². The Morgan fingerprint density at radius 2 is 1.75 bits per heavy atom. The van der Waals surface area contributed by atoms with Gasteiger partial charge in [-0.1, -0.05) is 42.5 Å². The minimum absolute atomic E-state index is 0.551. The lowest BCUT2D eigenvalue weighted by Crippen LogP contribution is -2.40. The summed E-state index contributed by atoms with van der Waals surface area (Å²) in [6.07, 6.45) is 8.30. The van der Waals surface area contributed by atoms with Crippen LogP contribution in [0.25, 0.3) is 10.8 Å². The van der Waals surface area contributed by atoms with Crippen molar-refractivity contribution in [3.8, 4) is 0 Å². The highest BCUT2D eigenvalue weighted by atomic mass is 15.4. The molecule has 2 aromatic rings. The first-order valence-electron chi connectivity index (χ1n) is 9.83. The van der Waals surface area contributed by atoms with Gasteiger partial charge < -0.3 is 0 Å². The molecule has 24 heavy (non-hydrogen) atoms. The molecule has 1 spiro atoms. The van der Waals surface area contributed by atoms with Gasteiger partial charge in [0.25, 0.3) is 0 Å². The van der Waals surface area contributed by atoms with Crippen LogP contribution in [-0.2, 0) is 6.42 Å². The summed E-state index contributed by atoms with van der Waals surface area (Å²) >= 11 is 0. The van der Waals surface area contributed by atoms with E-state index in [1.807, 2.05) is 0 Å². The SMILES string of the molecule is c1ccc2c(CCN3CCCC34CC4N3CCCC3)cccc2c1. The maximum atomic E-state index is 2.84. The Bertz CT molecular complexity index is 728. The number of likely N-dealkylation sites (tertiary alicyclic amines) is 2. The molecule has 3 aliphatic rings. The fourth-order valence-electron chi connectivity index (χ4n) is 5.46. The van der Waals surface area contributed by atoms with Gasteiger partial charge in [0.15, 0.2) is 0 Å². The molecular weight excluding hydrogens is 292 g/mol. The molecule has 3 fully saturated rings. The highest BCUT2D eigenvalue weighted by molar-refractivity contribution is 5.85. The maximum Gasteiger partial charge on any atom is 0.0381 e. The number of fused-ring (bicyclic) bond motifs is 1. The predicted octanol–water partition coefficient (Wildman–Crippen LogP) is 4.09. The normalized spacial score (nSPS) is 30.6. The molecule has 126 valence electrons. The highest BCUT2D eigenvalue weighted by Gasteiger charge is 2.61. The first-order valence-corrected chi connectivity index (χ1v) is 9.83. The van der Waals surface area contributed by atoms with Crippen LogP contribution in [0, 0.1) is 0 Å². The maximum absolute atomic E-state index is 2.84. The van der Waals surface area contributed by atoms with Crippen molar-refractivity contribution in [1.82, 2.24) is 9.80 Å². The highest BCUT2D eigenvalue weighted by Crippen LogP contribution is 2.53. The molecule has 1 saturated carbocycles. The van der Waals surface area contributed by atoms with E-state index in [2.05, 4.69) is 52.3 Å². The van der Waals surface area contributed by atoms with E-state index < -0.39 is 0 Å². The first kappa shape index (κ1) is 14.9. The van der Waals surface area contributed by atoms with Crippen LogP contribution in [0.2, 0.25) is 0 Å². The molecule has 2 unspecified atom stereocenters. The van der Waals surface area contributed by atoms with E-state index in [4.69, 9.17) is 0 Å². The Morgan fingerprint density at radius 1 is 0.917 bits per heavy atom. The van der Waals surface area contributed by atoms with Crippen LogP contribution < -0.4 is 0 Å². The van der Waals surface area contributed by atoms with E-state index in [0.29, 0.717) is 5.54 Å². The fourth-order valence-corrected chi connectivity index (χ4v) is 5.46. The summed E-state index contributed by atoms with van der Waals surface area (Å²) in [5, 5.41) is 2.83. The molecule has 0 bridgehead atoms. The fraction of sp³-hybridized carbons (Fsp3) is 0.545. The minimum Gasteiger partial charge on any atom is -0.298 e. The van der Waals surface area contributed by atoms with Gasteiger partial charge >= 0.3 is 0 Å². The average Bonchev–Trinajstić information content (AvgIpc) is 2.98. The van der Waals surface area contributed by atoms with Crippen molar-refractivity contribution in [2.24, 2.45) is 0 Å². The Morgan fingerprint density at radius 3 is 2.67 bits per heavy atom. The van der Waals surface area contributed by atoms with Crippen molar-refractivity contribution >= 4 is 10.8 Å². The molecule has 2 heteroatoms. The number of hydrogen-bond acceptors (Lipinski definition) is 2. The van der Waals surface area contributed by atoms with Crippen LogP contribution in [0.5, 0.6) is 0 Å². The van der Waals surface area contributed by atoms with Crippen molar-refractivity contribution in [3.63, 3.8) is 0 Å². The van der Waals surface area contributed by atoms with Crippen LogP contribution in [0.15, 0.2) is 42.5 Å². The molecule has 0 aromatic heterocycles. The van der Waals surface area contributed by atoms with Crippen molar-refractivity contribution < 1.29 is 0 Å². The molecule has 5 rings (SSSR count). The van der Waals surface area contributed by atoms with Gasteiger partial charge in [0.2, 0.25) is 0 Å². The van der Waals surface area contributed by atoms with Crippen LogP contribution in [-0.4, -0.2) is 47.6 Å². The van der Waals surface area contributed by atoms with Gasteiger partial charge in [-0.15, -0.1) is 0 Å². The molecule has 0 radical (unpaired) electrons. The van der Waals surface area contributed by atoms with Crippen LogP contribution in [0.1, 0.15) is 37.7 Å². The Balaban J connectivity index is 1.31. The minimum atomic E-state index is 0.551. The summed E-state index contributed by atoms with van der Waals surface area (Å²) in [6, 6.07) is 16.5. The number of benzene rings is 2. The van der Waals surface area contributed by atoms with Gasteiger partial charge in [0.1, 0.15) is 0 Å². The molecule has 2 saturated heterocycles. The van der Waals surface area contributed by atoms with Gasteiger partial charge in [-0.25, -0.2) is 0 Å². The average molecular weight is 320 g/mol. The summed E-state index contributed by atoms with van der Waals surface area (Å²) in [7, 11) is 0. The first-order chi connectivity index (χ1) is 11.9. The van der Waals surface area contributed by atoms with Gasteiger partial charge in [-0.05, 0) is 74.5 Å². The lowest BCUT2D eigenvalue weighted by Gasteiger charge is -2.28. The third kappa shape index (κ3) is 2.39. The second kappa shape index (κ2) is 5.86. The molecule has 1 aliphatic carbocycles. The molecule has 0 amide bonds. The van der Waals surface area contributed by atoms with E-state index in [0.717, 1.165) is 6.04 Å². The third-order valence-corrected chi connectivity index (χ3v) is 6.79. The van der Waals surface area contributed by atoms with Crippen molar-refractivity contribution in [1.29, 1.82) is 0 Å². The smallest absolute Gasteiger partial charge is 0.0381 e. The predicted molar refractivity (Wildman–Crippen MR) is 100 cm³/mol. The Labute approximate surface area is 145 Å². The second-order valence-corrected chi connectivity index (χ2v) is 8.05. The Kier molecular flexibility index (Phi) is 3.64. The van der Waals surface area contributed by atoms with Gasteiger partial charge in [0, 0.05) is 18.1 Å². The quantitative estimate of drug-likeness (QED) is 0.837. The van der Waals surface area contributed by atoms with Crippen LogP contribution >= 0.6 is 0 Å². The van der Waals surface area contributed by atoms with E-state index in [9.17, 15) is 0 Å². The lowest BCUT2D eigenvalue weighted by molar-refractivity contribution is 0.186. The number of rotatable bonds is 4.